The third-order valence-electron chi connectivity index (χ3n) is 4.56. The van der Waals surface area contributed by atoms with Crippen molar-refractivity contribution in [2.45, 2.75) is 19.8 Å². The fourth-order valence-electron chi connectivity index (χ4n) is 3.36. The van der Waals surface area contributed by atoms with Crippen LogP contribution in [0.3, 0.4) is 0 Å². The number of carbonyl (C=O) groups excluding carboxylic acids is 1. The standard InChI is InChI=1S/C20H25N3O/c1-2-11-23-12-10-22-15-18(20(23)24)13-16-6-3-4-8-19(16)17-7-5-9-21-14-17/h3-9,14,18,22H,2,10-13,15H2,1H3. The smallest absolute Gasteiger partial charge is 0.227 e. The number of rotatable bonds is 5. The van der Waals surface area contributed by atoms with Gasteiger partial charge in [0.25, 0.3) is 0 Å². The van der Waals surface area contributed by atoms with Crippen LogP contribution in [-0.4, -0.2) is 42.0 Å². The Morgan fingerprint density at radius 2 is 2.12 bits per heavy atom. The number of amides is 1. The molecule has 0 saturated carbocycles. The van der Waals surface area contributed by atoms with Crippen molar-refractivity contribution in [2.75, 3.05) is 26.2 Å². The topological polar surface area (TPSA) is 45.2 Å². The van der Waals surface area contributed by atoms with E-state index >= 15 is 0 Å². The zero-order chi connectivity index (χ0) is 16.8. The van der Waals surface area contributed by atoms with E-state index in [-0.39, 0.29) is 11.8 Å². The van der Waals surface area contributed by atoms with Gasteiger partial charge in [0.05, 0.1) is 5.92 Å². The molecule has 1 aliphatic heterocycles. The van der Waals surface area contributed by atoms with Crippen LogP contribution in [0.2, 0.25) is 0 Å². The fourth-order valence-corrected chi connectivity index (χ4v) is 3.36. The molecular formula is C20H25N3O. The van der Waals surface area contributed by atoms with Crippen molar-refractivity contribution in [3.8, 4) is 11.1 Å². The molecule has 2 aromatic rings. The summed E-state index contributed by atoms with van der Waals surface area (Å²) in [5.41, 5.74) is 3.49. The van der Waals surface area contributed by atoms with Crippen LogP contribution in [-0.2, 0) is 11.2 Å². The Labute approximate surface area is 143 Å². The minimum atomic E-state index is -0.00290. The number of benzene rings is 1. The number of nitrogens with zero attached hydrogens (tertiary/aromatic N) is 2. The molecule has 2 heterocycles. The Kier molecular flexibility index (Phi) is 5.59. The number of hydrogen-bond acceptors (Lipinski definition) is 3. The summed E-state index contributed by atoms with van der Waals surface area (Å²) >= 11 is 0. The minimum absolute atomic E-state index is 0.00290. The molecule has 4 nitrogen and oxygen atoms in total. The summed E-state index contributed by atoms with van der Waals surface area (Å²) in [6, 6.07) is 12.4. The lowest BCUT2D eigenvalue weighted by Gasteiger charge is -2.24. The molecule has 1 aliphatic rings. The van der Waals surface area contributed by atoms with Gasteiger partial charge in [0.2, 0.25) is 5.91 Å². The predicted octanol–water partition coefficient (Wildman–Crippen LogP) is 2.75. The SMILES string of the molecule is CCCN1CCNCC(Cc2ccccc2-c2cccnc2)C1=O. The van der Waals surface area contributed by atoms with Crippen LogP contribution in [0, 0.1) is 5.92 Å². The molecule has 1 atom stereocenters. The quantitative estimate of drug-likeness (QED) is 0.920. The van der Waals surface area contributed by atoms with Gasteiger partial charge in [0.15, 0.2) is 0 Å². The highest BCUT2D eigenvalue weighted by molar-refractivity contribution is 5.80. The summed E-state index contributed by atoms with van der Waals surface area (Å²) in [4.78, 5) is 19.1. The van der Waals surface area contributed by atoms with Gasteiger partial charge in [-0.15, -0.1) is 0 Å². The van der Waals surface area contributed by atoms with Crippen LogP contribution in [0.25, 0.3) is 11.1 Å². The van der Waals surface area contributed by atoms with E-state index in [2.05, 4.69) is 35.4 Å². The second kappa shape index (κ2) is 8.06. The molecule has 0 aliphatic carbocycles. The first kappa shape index (κ1) is 16.7. The third kappa shape index (κ3) is 3.82. The van der Waals surface area contributed by atoms with Gasteiger partial charge >= 0.3 is 0 Å². The maximum absolute atomic E-state index is 12.9. The lowest BCUT2D eigenvalue weighted by atomic mass is 9.92. The van der Waals surface area contributed by atoms with Gasteiger partial charge in [-0.25, -0.2) is 0 Å². The molecule has 0 bridgehead atoms. The normalized spacial score (nSPS) is 18.5. The Morgan fingerprint density at radius 3 is 2.92 bits per heavy atom. The van der Waals surface area contributed by atoms with Crippen molar-refractivity contribution < 1.29 is 4.79 Å². The molecule has 3 rings (SSSR count). The largest absolute Gasteiger partial charge is 0.341 e. The molecule has 0 spiro atoms. The average Bonchev–Trinajstić information content (AvgIpc) is 2.79. The maximum Gasteiger partial charge on any atom is 0.227 e. The summed E-state index contributed by atoms with van der Waals surface area (Å²) in [5.74, 6) is 0.278. The van der Waals surface area contributed by atoms with Crippen LogP contribution in [0.15, 0.2) is 48.8 Å². The number of hydrogen-bond donors (Lipinski definition) is 1. The molecule has 1 aromatic carbocycles. The highest BCUT2D eigenvalue weighted by Gasteiger charge is 2.27. The van der Waals surface area contributed by atoms with Crippen LogP contribution < -0.4 is 5.32 Å². The van der Waals surface area contributed by atoms with E-state index in [1.807, 2.05) is 29.3 Å². The van der Waals surface area contributed by atoms with Crippen molar-refractivity contribution in [3.63, 3.8) is 0 Å². The van der Waals surface area contributed by atoms with E-state index in [0.717, 1.165) is 44.6 Å². The van der Waals surface area contributed by atoms with Crippen molar-refractivity contribution in [3.05, 3.63) is 54.4 Å². The molecule has 1 fully saturated rings. The van der Waals surface area contributed by atoms with Crippen molar-refractivity contribution in [1.82, 2.24) is 15.2 Å². The number of nitrogens with one attached hydrogen (secondary N) is 1. The fraction of sp³-hybridized carbons (Fsp3) is 0.400. The van der Waals surface area contributed by atoms with Gasteiger partial charge in [-0.05, 0) is 30.0 Å². The molecular weight excluding hydrogens is 298 g/mol. The first-order valence-electron chi connectivity index (χ1n) is 8.77. The molecule has 1 amide bonds. The zero-order valence-electron chi connectivity index (χ0n) is 14.2. The summed E-state index contributed by atoms with van der Waals surface area (Å²) < 4.78 is 0. The average molecular weight is 323 g/mol. The van der Waals surface area contributed by atoms with E-state index in [0.29, 0.717) is 0 Å². The van der Waals surface area contributed by atoms with E-state index in [1.165, 1.54) is 11.1 Å². The van der Waals surface area contributed by atoms with Gasteiger partial charge in [-0.1, -0.05) is 37.3 Å². The summed E-state index contributed by atoms with van der Waals surface area (Å²) in [6.07, 6.45) is 5.44. The highest BCUT2D eigenvalue weighted by Crippen LogP contribution is 2.25. The molecule has 24 heavy (non-hydrogen) atoms. The second-order valence-corrected chi connectivity index (χ2v) is 6.33. The second-order valence-electron chi connectivity index (χ2n) is 6.33. The van der Waals surface area contributed by atoms with Gasteiger partial charge in [0.1, 0.15) is 0 Å². The van der Waals surface area contributed by atoms with Crippen LogP contribution >= 0.6 is 0 Å². The summed E-state index contributed by atoms with van der Waals surface area (Å²) in [5, 5.41) is 3.42. The monoisotopic (exact) mass is 323 g/mol. The molecule has 1 unspecified atom stereocenters. The maximum atomic E-state index is 12.9. The van der Waals surface area contributed by atoms with Crippen molar-refractivity contribution in [1.29, 1.82) is 0 Å². The number of pyridine rings is 1. The number of carbonyl (C=O) groups is 1. The number of aromatic nitrogens is 1. The first-order valence-corrected chi connectivity index (χ1v) is 8.77. The van der Waals surface area contributed by atoms with Crippen molar-refractivity contribution >= 4 is 5.91 Å². The molecule has 1 N–H and O–H groups in total. The van der Waals surface area contributed by atoms with Crippen LogP contribution in [0.5, 0.6) is 0 Å². The molecule has 1 aromatic heterocycles. The summed E-state index contributed by atoms with van der Waals surface area (Å²) in [7, 11) is 0. The van der Waals surface area contributed by atoms with Gasteiger partial charge in [-0.2, -0.15) is 0 Å². The van der Waals surface area contributed by atoms with E-state index < -0.39 is 0 Å². The zero-order valence-corrected chi connectivity index (χ0v) is 14.2. The lowest BCUT2D eigenvalue weighted by Crippen LogP contribution is -2.37. The summed E-state index contributed by atoms with van der Waals surface area (Å²) in [6.45, 7) is 5.42. The van der Waals surface area contributed by atoms with Gasteiger partial charge in [0, 0.05) is 44.1 Å². The molecule has 0 radical (unpaired) electrons. The molecule has 126 valence electrons. The first-order chi connectivity index (χ1) is 11.8. The Hall–Kier alpha value is -2.20. The highest BCUT2D eigenvalue weighted by atomic mass is 16.2. The predicted molar refractivity (Wildman–Crippen MR) is 96.6 cm³/mol. The van der Waals surface area contributed by atoms with Crippen molar-refractivity contribution in [2.24, 2.45) is 5.92 Å². The lowest BCUT2D eigenvalue weighted by molar-refractivity contribution is -0.134. The van der Waals surface area contributed by atoms with E-state index in [9.17, 15) is 4.79 Å². The van der Waals surface area contributed by atoms with Crippen LogP contribution in [0.4, 0.5) is 0 Å². The minimum Gasteiger partial charge on any atom is -0.341 e. The van der Waals surface area contributed by atoms with Crippen LogP contribution in [0.1, 0.15) is 18.9 Å². The van der Waals surface area contributed by atoms with E-state index in [1.54, 1.807) is 6.20 Å². The van der Waals surface area contributed by atoms with Gasteiger partial charge in [-0.3, -0.25) is 9.78 Å². The Balaban J connectivity index is 1.84. The van der Waals surface area contributed by atoms with Gasteiger partial charge < -0.3 is 10.2 Å². The molecule has 4 heteroatoms. The Morgan fingerprint density at radius 1 is 1.25 bits per heavy atom. The van der Waals surface area contributed by atoms with E-state index in [4.69, 9.17) is 0 Å². The molecule has 1 saturated heterocycles. The Bertz CT molecular complexity index is 672. The third-order valence-corrected chi connectivity index (χ3v) is 4.56.